The van der Waals surface area contributed by atoms with Crippen molar-refractivity contribution in [3.8, 4) is 27.6 Å². The number of ether oxygens (including phenoxy) is 1. The zero-order valence-corrected chi connectivity index (χ0v) is 16.6. The third-order valence-corrected chi connectivity index (χ3v) is 5.28. The summed E-state index contributed by atoms with van der Waals surface area (Å²) in [5.74, 6) is -0.198. The summed E-state index contributed by atoms with van der Waals surface area (Å²) < 4.78 is 12.6. The molecule has 4 aromatic heterocycles. The fraction of sp³-hybridized carbons (Fsp3) is 0.263. The van der Waals surface area contributed by atoms with Gasteiger partial charge in [0, 0.05) is 17.3 Å². The van der Waals surface area contributed by atoms with Gasteiger partial charge in [-0.2, -0.15) is 5.10 Å². The molecular formula is C19H18N4O4S. The van der Waals surface area contributed by atoms with E-state index < -0.39 is 5.97 Å². The minimum atomic E-state index is -1.05. The van der Waals surface area contributed by atoms with Gasteiger partial charge in [0.05, 0.1) is 29.1 Å². The summed E-state index contributed by atoms with van der Waals surface area (Å²) in [6.07, 6.45) is 3.41. The van der Waals surface area contributed by atoms with Crippen molar-refractivity contribution in [2.75, 3.05) is 0 Å². The van der Waals surface area contributed by atoms with Crippen LogP contribution in [0.3, 0.4) is 0 Å². The second-order valence-electron chi connectivity index (χ2n) is 6.63. The van der Waals surface area contributed by atoms with E-state index in [9.17, 15) is 9.90 Å². The van der Waals surface area contributed by atoms with Crippen LogP contribution in [0.5, 0.6) is 5.88 Å². The Bertz CT molecular complexity index is 1170. The molecule has 0 atom stereocenters. The smallest absolute Gasteiger partial charge is 0.351 e. The Labute approximate surface area is 164 Å². The van der Waals surface area contributed by atoms with Gasteiger partial charge in [-0.1, -0.05) is 5.16 Å². The molecule has 0 bridgehead atoms. The van der Waals surface area contributed by atoms with E-state index in [-0.39, 0.29) is 16.9 Å². The number of pyridine rings is 1. The number of hydrogen-bond donors (Lipinski definition) is 1. The number of carboxylic acids is 1. The number of fused-ring (bicyclic) bond motifs is 1. The number of rotatable bonds is 5. The topological polar surface area (TPSA) is 103 Å². The second kappa shape index (κ2) is 6.75. The maximum atomic E-state index is 11.6. The lowest BCUT2D eigenvalue weighted by Crippen LogP contribution is -2.08. The van der Waals surface area contributed by atoms with Crippen LogP contribution in [0.25, 0.3) is 27.2 Å². The normalized spacial score (nSPS) is 11.5. The highest BCUT2D eigenvalue weighted by atomic mass is 32.1. The molecule has 0 saturated heterocycles. The summed E-state index contributed by atoms with van der Waals surface area (Å²) in [4.78, 5) is 16.1. The molecule has 0 fully saturated rings. The molecule has 0 amide bonds. The van der Waals surface area contributed by atoms with Gasteiger partial charge in [0.15, 0.2) is 4.88 Å². The Balaban J connectivity index is 1.85. The monoisotopic (exact) mass is 398 g/mol. The largest absolute Gasteiger partial charge is 0.477 e. The van der Waals surface area contributed by atoms with Gasteiger partial charge in [-0.25, -0.2) is 14.3 Å². The Hall–Kier alpha value is -3.20. The van der Waals surface area contributed by atoms with Crippen molar-refractivity contribution in [1.29, 1.82) is 0 Å². The number of nitrogens with zero attached hydrogens (tertiary/aromatic N) is 4. The van der Waals surface area contributed by atoms with Crippen LogP contribution >= 0.6 is 11.3 Å². The van der Waals surface area contributed by atoms with Crippen LogP contribution in [0.15, 0.2) is 29.0 Å². The molecule has 4 rings (SSSR count). The molecule has 144 valence electrons. The van der Waals surface area contributed by atoms with E-state index in [1.165, 1.54) is 0 Å². The van der Waals surface area contributed by atoms with Crippen molar-refractivity contribution in [1.82, 2.24) is 19.8 Å². The van der Waals surface area contributed by atoms with Gasteiger partial charge in [0.25, 0.3) is 0 Å². The van der Waals surface area contributed by atoms with E-state index in [0.717, 1.165) is 39.2 Å². The first-order valence-electron chi connectivity index (χ1n) is 8.67. The molecule has 0 radical (unpaired) electrons. The number of aromatic nitrogens is 4. The molecular weight excluding hydrogens is 380 g/mol. The predicted molar refractivity (Wildman–Crippen MR) is 104 cm³/mol. The molecule has 0 aliphatic carbocycles. The van der Waals surface area contributed by atoms with Crippen molar-refractivity contribution in [3.05, 3.63) is 40.9 Å². The zero-order valence-electron chi connectivity index (χ0n) is 15.8. The van der Waals surface area contributed by atoms with Crippen LogP contribution in [-0.4, -0.2) is 36.9 Å². The highest BCUT2D eigenvalue weighted by Gasteiger charge is 2.22. The number of thiazole rings is 1. The molecule has 1 N–H and O–H groups in total. The summed E-state index contributed by atoms with van der Waals surface area (Å²) in [5.41, 5.74) is 4.22. The van der Waals surface area contributed by atoms with Gasteiger partial charge >= 0.3 is 5.97 Å². The first-order valence-corrected chi connectivity index (χ1v) is 9.48. The maximum Gasteiger partial charge on any atom is 0.351 e. The quantitative estimate of drug-likeness (QED) is 0.537. The average Bonchev–Trinajstić information content (AvgIpc) is 3.31. The van der Waals surface area contributed by atoms with Crippen LogP contribution in [-0.2, 0) is 0 Å². The van der Waals surface area contributed by atoms with E-state index in [0.29, 0.717) is 10.8 Å². The van der Waals surface area contributed by atoms with Crippen LogP contribution < -0.4 is 4.74 Å². The Morgan fingerprint density at radius 3 is 2.79 bits per heavy atom. The second-order valence-corrected chi connectivity index (χ2v) is 7.63. The van der Waals surface area contributed by atoms with Gasteiger partial charge in [0.1, 0.15) is 10.8 Å². The summed E-state index contributed by atoms with van der Waals surface area (Å²) in [7, 11) is 0. The standard InChI is InChI=1S/C19H18N4O4S/c1-9(2)26-17-16(19(24)25)28-18(21-17)12-5-6-23-14(7-12)13(8-20-23)15-10(3)22-27-11(15)4/h5-9H,1-4H3,(H,24,25). The minimum Gasteiger partial charge on any atom is -0.477 e. The number of carboxylic acid groups (broad SMARTS) is 1. The summed E-state index contributed by atoms with van der Waals surface area (Å²) >= 11 is 1.09. The minimum absolute atomic E-state index is 0.0861. The fourth-order valence-corrected chi connectivity index (χ4v) is 3.88. The SMILES string of the molecule is Cc1noc(C)c1-c1cnn2ccc(-c3nc(OC(C)C)c(C(=O)O)s3)cc12. The zero-order chi connectivity index (χ0) is 20.0. The molecule has 0 aliphatic rings. The van der Waals surface area contributed by atoms with E-state index in [1.807, 2.05) is 46.0 Å². The van der Waals surface area contributed by atoms with Crippen molar-refractivity contribution in [2.45, 2.75) is 33.8 Å². The Kier molecular flexibility index (Phi) is 4.38. The van der Waals surface area contributed by atoms with Crippen molar-refractivity contribution in [2.24, 2.45) is 0 Å². The van der Waals surface area contributed by atoms with Gasteiger partial charge in [-0.3, -0.25) is 0 Å². The summed E-state index contributed by atoms with van der Waals surface area (Å²) in [6.45, 7) is 7.41. The molecule has 4 aromatic rings. The molecule has 8 nitrogen and oxygen atoms in total. The number of hydrogen-bond acceptors (Lipinski definition) is 7. The first kappa shape index (κ1) is 18.2. The van der Waals surface area contributed by atoms with Crippen molar-refractivity contribution >= 4 is 22.8 Å². The molecule has 4 heterocycles. The highest BCUT2D eigenvalue weighted by molar-refractivity contribution is 7.17. The van der Waals surface area contributed by atoms with Gasteiger partial charge < -0.3 is 14.4 Å². The lowest BCUT2D eigenvalue weighted by atomic mass is 10.1. The van der Waals surface area contributed by atoms with E-state index in [4.69, 9.17) is 9.26 Å². The summed E-state index contributed by atoms with van der Waals surface area (Å²) in [6, 6.07) is 3.78. The molecule has 0 unspecified atom stereocenters. The molecule has 0 saturated carbocycles. The van der Waals surface area contributed by atoms with E-state index >= 15 is 0 Å². The maximum absolute atomic E-state index is 11.6. The number of carbonyl (C=O) groups is 1. The van der Waals surface area contributed by atoms with E-state index in [2.05, 4.69) is 15.2 Å². The van der Waals surface area contributed by atoms with Gasteiger partial charge in [-0.15, -0.1) is 11.3 Å². The molecule has 0 aliphatic heterocycles. The first-order chi connectivity index (χ1) is 13.3. The Morgan fingerprint density at radius 2 is 2.14 bits per heavy atom. The average molecular weight is 398 g/mol. The van der Waals surface area contributed by atoms with Crippen LogP contribution in [0.4, 0.5) is 0 Å². The van der Waals surface area contributed by atoms with Gasteiger partial charge in [0.2, 0.25) is 5.88 Å². The third kappa shape index (κ3) is 3.03. The van der Waals surface area contributed by atoms with Crippen molar-refractivity contribution < 1.29 is 19.2 Å². The molecule has 28 heavy (non-hydrogen) atoms. The lowest BCUT2D eigenvalue weighted by Gasteiger charge is -2.06. The Morgan fingerprint density at radius 1 is 1.36 bits per heavy atom. The van der Waals surface area contributed by atoms with Gasteiger partial charge in [-0.05, 0) is 39.8 Å². The predicted octanol–water partition coefficient (Wildman–Crippen LogP) is 4.22. The van der Waals surface area contributed by atoms with Crippen LogP contribution in [0.1, 0.15) is 35.0 Å². The van der Waals surface area contributed by atoms with Crippen LogP contribution in [0.2, 0.25) is 0 Å². The number of aromatic carboxylic acids is 1. The third-order valence-electron chi connectivity index (χ3n) is 4.21. The fourth-order valence-electron chi connectivity index (χ4n) is 3.04. The number of aryl methyl sites for hydroxylation is 2. The van der Waals surface area contributed by atoms with Crippen molar-refractivity contribution in [3.63, 3.8) is 0 Å². The molecule has 9 heteroatoms. The summed E-state index contributed by atoms with van der Waals surface area (Å²) in [5, 5.41) is 18.4. The van der Waals surface area contributed by atoms with Crippen LogP contribution in [0, 0.1) is 13.8 Å². The van der Waals surface area contributed by atoms with E-state index in [1.54, 1.807) is 10.7 Å². The highest BCUT2D eigenvalue weighted by Crippen LogP contribution is 2.36. The molecule has 0 aromatic carbocycles. The molecule has 0 spiro atoms. The lowest BCUT2D eigenvalue weighted by molar-refractivity contribution is 0.0695.